The molecule has 27 heavy (non-hydrogen) atoms. The van der Waals surface area contributed by atoms with Crippen LogP contribution in [0.25, 0.3) is 0 Å². The molecule has 1 aliphatic heterocycles. The zero-order chi connectivity index (χ0) is 19.2. The highest BCUT2D eigenvalue weighted by Crippen LogP contribution is 2.30. The Labute approximate surface area is 158 Å². The molecule has 0 bridgehead atoms. The lowest BCUT2D eigenvalue weighted by atomic mass is 10.1. The lowest BCUT2D eigenvalue weighted by molar-refractivity contribution is -0.119. The Balaban J connectivity index is 1.67. The second-order valence-electron chi connectivity index (χ2n) is 6.20. The maximum Gasteiger partial charge on any atom is 0.323 e. The number of carbonyl (C=O) groups excluding carboxylic acids is 2. The molecule has 7 heteroatoms. The van der Waals surface area contributed by atoms with E-state index in [2.05, 4.69) is 10.6 Å². The fraction of sp³-hybridized carbons (Fsp3) is 0.300. The Bertz CT molecular complexity index is 838. The molecule has 142 valence electrons. The molecule has 1 fully saturated rings. The molecule has 0 spiro atoms. The van der Waals surface area contributed by atoms with E-state index in [1.165, 1.54) is 7.11 Å². The van der Waals surface area contributed by atoms with Gasteiger partial charge in [0.15, 0.2) is 11.5 Å². The first kappa shape index (κ1) is 18.6. The molecule has 1 aliphatic rings. The lowest BCUT2D eigenvalue weighted by Gasteiger charge is -2.27. The van der Waals surface area contributed by atoms with Gasteiger partial charge in [0.05, 0.1) is 14.2 Å². The summed E-state index contributed by atoms with van der Waals surface area (Å²) in [5, 5.41) is 5.55. The van der Waals surface area contributed by atoms with Crippen LogP contribution in [0.3, 0.4) is 0 Å². The third-order valence-electron chi connectivity index (χ3n) is 4.38. The molecule has 7 nitrogen and oxygen atoms in total. The van der Waals surface area contributed by atoms with Crippen molar-refractivity contribution in [3.63, 3.8) is 0 Å². The topological polar surface area (TPSA) is 79.9 Å². The van der Waals surface area contributed by atoms with Crippen LogP contribution in [0.4, 0.5) is 21.9 Å². The zero-order valence-electron chi connectivity index (χ0n) is 15.5. The van der Waals surface area contributed by atoms with Crippen molar-refractivity contribution in [2.45, 2.75) is 19.3 Å². The molecule has 2 N–H and O–H groups in total. The monoisotopic (exact) mass is 369 g/mol. The van der Waals surface area contributed by atoms with E-state index in [4.69, 9.17) is 9.47 Å². The number of urea groups is 1. The Morgan fingerprint density at radius 2 is 1.70 bits per heavy atom. The van der Waals surface area contributed by atoms with Crippen molar-refractivity contribution in [2.24, 2.45) is 0 Å². The van der Waals surface area contributed by atoms with E-state index in [0.717, 1.165) is 18.5 Å². The van der Waals surface area contributed by atoms with Gasteiger partial charge in [0.25, 0.3) is 0 Å². The van der Waals surface area contributed by atoms with Gasteiger partial charge in [0, 0.05) is 36.1 Å². The van der Waals surface area contributed by atoms with Crippen LogP contribution in [0, 0.1) is 0 Å². The number of hydrogen-bond acceptors (Lipinski definition) is 4. The lowest BCUT2D eigenvalue weighted by Crippen LogP contribution is -2.35. The van der Waals surface area contributed by atoms with E-state index in [1.54, 1.807) is 42.3 Å². The number of carbonyl (C=O) groups is 2. The molecule has 3 amide bonds. The van der Waals surface area contributed by atoms with E-state index < -0.39 is 0 Å². The number of nitrogens with one attached hydrogen (secondary N) is 2. The van der Waals surface area contributed by atoms with Crippen LogP contribution >= 0.6 is 0 Å². The summed E-state index contributed by atoms with van der Waals surface area (Å²) >= 11 is 0. The summed E-state index contributed by atoms with van der Waals surface area (Å²) in [6.45, 7) is 0.708. The molecule has 2 aromatic rings. The standard InChI is InChI=1S/C20H23N3O4/c1-26-17-10-9-15(13-18(17)27-2)22-20(25)21-14-6-5-7-16(12-14)23-11-4-3-8-19(23)24/h5-7,9-10,12-13H,3-4,8,11H2,1-2H3,(H2,21,22,25). The van der Waals surface area contributed by atoms with Crippen molar-refractivity contribution in [1.82, 2.24) is 0 Å². The Kier molecular flexibility index (Phi) is 5.80. The number of anilines is 3. The van der Waals surface area contributed by atoms with Crippen LogP contribution in [0.2, 0.25) is 0 Å². The average molecular weight is 369 g/mol. The second kappa shape index (κ2) is 8.44. The predicted octanol–water partition coefficient (Wildman–Crippen LogP) is 3.86. The van der Waals surface area contributed by atoms with Gasteiger partial charge in [0.1, 0.15) is 0 Å². The van der Waals surface area contributed by atoms with Crippen molar-refractivity contribution in [2.75, 3.05) is 36.3 Å². The SMILES string of the molecule is COc1ccc(NC(=O)Nc2cccc(N3CCCCC3=O)c2)cc1OC. The minimum absolute atomic E-state index is 0.119. The first-order valence-electron chi connectivity index (χ1n) is 8.81. The summed E-state index contributed by atoms with van der Waals surface area (Å²) in [6, 6.07) is 12.0. The van der Waals surface area contributed by atoms with Gasteiger partial charge in [-0.15, -0.1) is 0 Å². The molecule has 1 heterocycles. The summed E-state index contributed by atoms with van der Waals surface area (Å²) in [5.74, 6) is 1.23. The molecule has 1 saturated heterocycles. The number of piperidine rings is 1. The molecule has 0 saturated carbocycles. The second-order valence-corrected chi connectivity index (χ2v) is 6.20. The fourth-order valence-corrected chi connectivity index (χ4v) is 3.04. The largest absolute Gasteiger partial charge is 0.493 e. The molecule has 0 radical (unpaired) electrons. The van der Waals surface area contributed by atoms with Gasteiger partial charge in [-0.2, -0.15) is 0 Å². The molecular weight excluding hydrogens is 346 g/mol. The number of benzene rings is 2. The van der Waals surface area contributed by atoms with Crippen molar-refractivity contribution in [3.05, 3.63) is 42.5 Å². The van der Waals surface area contributed by atoms with E-state index >= 15 is 0 Å². The number of nitrogens with zero attached hydrogens (tertiary/aromatic N) is 1. The van der Waals surface area contributed by atoms with E-state index in [1.807, 2.05) is 12.1 Å². The Hall–Kier alpha value is -3.22. The maximum atomic E-state index is 12.3. The van der Waals surface area contributed by atoms with Gasteiger partial charge in [-0.1, -0.05) is 6.07 Å². The van der Waals surface area contributed by atoms with Crippen molar-refractivity contribution in [1.29, 1.82) is 0 Å². The number of ether oxygens (including phenoxy) is 2. The highest BCUT2D eigenvalue weighted by atomic mass is 16.5. The summed E-state index contributed by atoms with van der Waals surface area (Å²) in [5.41, 5.74) is 1.99. The van der Waals surface area contributed by atoms with Gasteiger partial charge >= 0.3 is 6.03 Å². The van der Waals surface area contributed by atoms with Crippen LogP contribution in [0.5, 0.6) is 11.5 Å². The van der Waals surface area contributed by atoms with Crippen molar-refractivity contribution < 1.29 is 19.1 Å². The smallest absolute Gasteiger partial charge is 0.323 e. The van der Waals surface area contributed by atoms with Gasteiger partial charge in [0.2, 0.25) is 5.91 Å². The third kappa shape index (κ3) is 4.49. The first-order valence-corrected chi connectivity index (χ1v) is 8.81. The molecule has 0 aromatic heterocycles. The van der Waals surface area contributed by atoms with Crippen LogP contribution in [0.1, 0.15) is 19.3 Å². The van der Waals surface area contributed by atoms with Gasteiger partial charge in [-0.25, -0.2) is 4.79 Å². The van der Waals surface area contributed by atoms with Gasteiger partial charge in [-0.3, -0.25) is 4.79 Å². The number of amides is 3. The number of hydrogen-bond donors (Lipinski definition) is 2. The van der Waals surface area contributed by atoms with Crippen molar-refractivity contribution in [3.8, 4) is 11.5 Å². The van der Waals surface area contributed by atoms with E-state index in [0.29, 0.717) is 35.8 Å². The molecule has 0 aliphatic carbocycles. The van der Waals surface area contributed by atoms with Crippen LogP contribution in [-0.4, -0.2) is 32.7 Å². The predicted molar refractivity (Wildman–Crippen MR) is 105 cm³/mol. The minimum Gasteiger partial charge on any atom is -0.493 e. The van der Waals surface area contributed by atoms with Gasteiger partial charge in [-0.05, 0) is 43.2 Å². The summed E-state index contributed by atoms with van der Waals surface area (Å²) in [6.07, 6.45) is 2.49. The quantitative estimate of drug-likeness (QED) is 0.839. The van der Waals surface area contributed by atoms with Crippen LogP contribution in [-0.2, 0) is 4.79 Å². The molecule has 0 unspecified atom stereocenters. The van der Waals surface area contributed by atoms with E-state index in [9.17, 15) is 9.59 Å². The highest BCUT2D eigenvalue weighted by molar-refractivity contribution is 6.01. The van der Waals surface area contributed by atoms with Crippen LogP contribution in [0.15, 0.2) is 42.5 Å². The Morgan fingerprint density at radius 1 is 0.963 bits per heavy atom. The highest BCUT2D eigenvalue weighted by Gasteiger charge is 2.19. The molecule has 3 rings (SSSR count). The molecule has 2 aromatic carbocycles. The van der Waals surface area contributed by atoms with Crippen molar-refractivity contribution >= 4 is 29.0 Å². The zero-order valence-corrected chi connectivity index (χ0v) is 15.5. The summed E-state index contributed by atoms with van der Waals surface area (Å²) in [4.78, 5) is 26.2. The Morgan fingerprint density at radius 3 is 2.41 bits per heavy atom. The summed E-state index contributed by atoms with van der Waals surface area (Å²) in [7, 11) is 3.09. The minimum atomic E-state index is -0.385. The molecule has 0 atom stereocenters. The normalized spacial score (nSPS) is 13.9. The first-order chi connectivity index (χ1) is 13.1. The fourth-order valence-electron chi connectivity index (χ4n) is 3.04. The maximum absolute atomic E-state index is 12.3. The average Bonchev–Trinajstić information content (AvgIpc) is 2.68. The van der Waals surface area contributed by atoms with Gasteiger partial charge < -0.3 is 25.0 Å². The summed E-state index contributed by atoms with van der Waals surface area (Å²) < 4.78 is 10.4. The molecular formula is C20H23N3O4. The van der Waals surface area contributed by atoms with E-state index in [-0.39, 0.29) is 11.9 Å². The number of methoxy groups -OCH3 is 2. The number of rotatable bonds is 5. The third-order valence-corrected chi connectivity index (χ3v) is 4.38. The van der Waals surface area contributed by atoms with Crippen LogP contribution < -0.4 is 25.0 Å².